The third kappa shape index (κ3) is 106. The number of phosphoric acid groups is 1. The third-order valence-electron chi connectivity index (χ3n) is 0.114. The first kappa shape index (κ1) is 12.5. The molecular weight excluding hydrogens is 186 g/mol. The molecule has 0 amide bonds. The van der Waals surface area contributed by atoms with Gasteiger partial charge in [0.2, 0.25) is 0 Å². The average Bonchev–Trinajstić information content (AvgIpc) is 1.61. The molecule has 0 saturated carbocycles. The van der Waals surface area contributed by atoms with Gasteiger partial charge in [-0.25, -0.2) is 4.57 Å². The molecule has 62 valence electrons. The van der Waals surface area contributed by atoms with Crippen LogP contribution in [0.3, 0.4) is 0 Å². The predicted octanol–water partition coefficient (Wildman–Crippen LogP) is -0.619. The van der Waals surface area contributed by atoms with Crippen LogP contribution in [-0.2, 0) is 9.36 Å². The highest BCUT2D eigenvalue weighted by atomic mass is 35.5. The van der Waals surface area contributed by atoms with Crippen LogP contribution in [0.2, 0.25) is 0 Å². The minimum atomic E-state index is -4.64. The maximum atomic E-state index is 9.24. The first-order valence-electron chi connectivity index (χ1n) is 1.83. The molecule has 6 nitrogen and oxygen atoms in total. The topological polar surface area (TPSA) is 115 Å². The molecule has 0 aromatic rings. The van der Waals surface area contributed by atoms with Gasteiger partial charge in [0.25, 0.3) is 0 Å². The summed E-state index contributed by atoms with van der Waals surface area (Å²) in [6.07, 6.45) is 0. The molecular formula is C2H6ClO6P. The van der Waals surface area contributed by atoms with Crippen molar-refractivity contribution in [3.05, 3.63) is 0 Å². The summed E-state index contributed by atoms with van der Waals surface area (Å²) < 4.78 is 8.88. The van der Waals surface area contributed by atoms with Gasteiger partial charge < -0.3 is 19.8 Å². The molecule has 10 heavy (non-hydrogen) atoms. The number of aliphatic carboxylic acids is 1. The van der Waals surface area contributed by atoms with E-state index in [-0.39, 0.29) is 5.88 Å². The van der Waals surface area contributed by atoms with Crippen LogP contribution in [-0.4, -0.2) is 31.6 Å². The minimum Gasteiger partial charge on any atom is -0.480 e. The molecule has 0 heterocycles. The molecule has 0 aliphatic heterocycles. The quantitative estimate of drug-likeness (QED) is 0.325. The van der Waals surface area contributed by atoms with Crippen molar-refractivity contribution in [3.8, 4) is 0 Å². The molecule has 0 rings (SSSR count). The van der Waals surface area contributed by atoms with Crippen LogP contribution in [0.5, 0.6) is 0 Å². The molecule has 0 spiro atoms. The summed E-state index contributed by atoms with van der Waals surface area (Å²) in [5.74, 6) is -1.29. The number of halogens is 1. The van der Waals surface area contributed by atoms with Crippen LogP contribution in [0, 0.1) is 0 Å². The highest BCUT2D eigenvalue weighted by Gasteiger charge is 2.00. The zero-order valence-corrected chi connectivity index (χ0v) is 6.29. The Morgan fingerprint density at radius 2 is 1.50 bits per heavy atom. The maximum absolute atomic E-state index is 9.24. The Balaban J connectivity index is 0. The van der Waals surface area contributed by atoms with Crippen molar-refractivity contribution in [1.29, 1.82) is 0 Å². The summed E-state index contributed by atoms with van der Waals surface area (Å²) in [5, 5.41) is 7.59. The molecule has 0 fully saturated rings. The smallest absolute Gasteiger partial charge is 0.466 e. The van der Waals surface area contributed by atoms with Gasteiger partial charge in [-0.1, -0.05) is 0 Å². The maximum Gasteiger partial charge on any atom is 0.466 e. The zero-order chi connectivity index (χ0) is 8.78. The van der Waals surface area contributed by atoms with Gasteiger partial charge in [-0.3, -0.25) is 4.79 Å². The van der Waals surface area contributed by atoms with Crippen molar-refractivity contribution in [1.82, 2.24) is 0 Å². The standard InChI is InChI=1S/C2H3ClO2.H3O4P/c3-1-2(4)5;1-5(2,3)4/h1H2,(H,4,5);(H3,1,2,3,4). The Kier molecular flexibility index (Phi) is 7.07. The van der Waals surface area contributed by atoms with E-state index < -0.39 is 13.8 Å². The number of carbonyl (C=O) groups is 1. The van der Waals surface area contributed by atoms with Crippen LogP contribution in [0.1, 0.15) is 0 Å². The van der Waals surface area contributed by atoms with Gasteiger partial charge in [0, 0.05) is 0 Å². The first-order valence-corrected chi connectivity index (χ1v) is 3.93. The lowest BCUT2D eigenvalue weighted by molar-refractivity contribution is -0.134. The van der Waals surface area contributed by atoms with Crippen molar-refractivity contribution < 1.29 is 29.1 Å². The third-order valence-corrected chi connectivity index (χ3v) is 0.343. The van der Waals surface area contributed by atoms with Gasteiger partial charge in [0.05, 0.1) is 0 Å². The Morgan fingerprint density at radius 3 is 1.50 bits per heavy atom. The largest absolute Gasteiger partial charge is 0.480 e. The number of carboxylic acids is 1. The molecule has 0 aromatic carbocycles. The minimum absolute atomic E-state index is 0.306. The average molecular weight is 192 g/mol. The van der Waals surface area contributed by atoms with Gasteiger partial charge in [0.1, 0.15) is 5.88 Å². The summed E-state index contributed by atoms with van der Waals surface area (Å²) in [5.41, 5.74) is 0. The Bertz CT molecular complexity index is 130. The summed E-state index contributed by atoms with van der Waals surface area (Å²) in [6, 6.07) is 0. The summed E-state index contributed by atoms with van der Waals surface area (Å²) in [7, 11) is -4.64. The van der Waals surface area contributed by atoms with Crippen molar-refractivity contribution in [2.45, 2.75) is 0 Å². The van der Waals surface area contributed by atoms with E-state index >= 15 is 0 Å². The second-order valence-electron chi connectivity index (χ2n) is 1.04. The molecule has 0 aliphatic rings. The number of alkyl halides is 1. The molecule has 0 aromatic heterocycles. The number of hydrogen-bond donors (Lipinski definition) is 4. The summed E-state index contributed by atoms with van der Waals surface area (Å²) in [6.45, 7) is 0. The summed E-state index contributed by atoms with van der Waals surface area (Å²) >= 11 is 4.74. The van der Waals surface area contributed by atoms with Crippen LogP contribution in [0.4, 0.5) is 0 Å². The Morgan fingerprint density at radius 1 is 1.40 bits per heavy atom. The second-order valence-corrected chi connectivity index (χ2v) is 2.33. The van der Waals surface area contributed by atoms with Gasteiger partial charge in [-0.05, 0) is 0 Å². The van der Waals surface area contributed by atoms with E-state index in [9.17, 15) is 4.79 Å². The molecule has 8 heteroatoms. The van der Waals surface area contributed by atoms with Crippen LogP contribution in [0.25, 0.3) is 0 Å². The first-order chi connectivity index (χ1) is 4.27. The lowest BCUT2D eigenvalue weighted by Gasteiger charge is -1.82. The zero-order valence-electron chi connectivity index (χ0n) is 4.64. The normalized spacial score (nSPS) is 9.60. The summed E-state index contributed by atoms with van der Waals surface area (Å²) in [4.78, 5) is 30.8. The van der Waals surface area contributed by atoms with E-state index in [1.165, 1.54) is 0 Å². The van der Waals surface area contributed by atoms with E-state index in [1.807, 2.05) is 0 Å². The molecule has 0 aliphatic carbocycles. The fourth-order valence-electron chi connectivity index (χ4n) is 0. The van der Waals surface area contributed by atoms with Gasteiger partial charge in [0.15, 0.2) is 0 Å². The molecule has 0 atom stereocenters. The SMILES string of the molecule is O=C(O)CCl.O=P(O)(O)O. The predicted molar refractivity (Wildman–Crippen MR) is 32.6 cm³/mol. The van der Waals surface area contributed by atoms with Crippen molar-refractivity contribution in [2.75, 3.05) is 5.88 Å². The highest BCUT2D eigenvalue weighted by Crippen LogP contribution is 2.25. The van der Waals surface area contributed by atoms with Crippen molar-refractivity contribution in [2.24, 2.45) is 0 Å². The molecule has 0 unspecified atom stereocenters. The van der Waals surface area contributed by atoms with Crippen LogP contribution < -0.4 is 0 Å². The Labute approximate surface area is 61.3 Å². The lowest BCUT2D eigenvalue weighted by Crippen LogP contribution is -1.92. The van der Waals surface area contributed by atoms with Gasteiger partial charge >= 0.3 is 13.8 Å². The second kappa shape index (κ2) is 5.64. The Hall–Kier alpha value is -0.130. The van der Waals surface area contributed by atoms with Crippen LogP contribution >= 0.6 is 19.4 Å². The van der Waals surface area contributed by atoms with Crippen LogP contribution in [0.15, 0.2) is 0 Å². The van der Waals surface area contributed by atoms with E-state index in [2.05, 4.69) is 0 Å². The van der Waals surface area contributed by atoms with Gasteiger partial charge in [-0.15, -0.1) is 11.6 Å². The highest BCUT2D eigenvalue weighted by molar-refractivity contribution is 7.45. The number of carboxylic acid groups (broad SMARTS) is 1. The fraction of sp³-hybridized carbons (Fsp3) is 0.500. The molecule has 0 saturated heterocycles. The number of hydrogen-bond acceptors (Lipinski definition) is 2. The molecule has 0 radical (unpaired) electrons. The fourth-order valence-corrected chi connectivity index (χ4v) is 0. The van der Waals surface area contributed by atoms with E-state index in [0.717, 1.165) is 0 Å². The lowest BCUT2D eigenvalue weighted by atomic mass is 10.8. The van der Waals surface area contributed by atoms with E-state index in [0.29, 0.717) is 0 Å². The number of rotatable bonds is 1. The molecule has 4 N–H and O–H groups in total. The molecule has 0 bridgehead atoms. The van der Waals surface area contributed by atoms with E-state index in [4.69, 9.17) is 36.0 Å². The van der Waals surface area contributed by atoms with Gasteiger partial charge in [-0.2, -0.15) is 0 Å². The van der Waals surface area contributed by atoms with E-state index in [1.54, 1.807) is 0 Å². The monoisotopic (exact) mass is 192 g/mol. The van der Waals surface area contributed by atoms with Crippen molar-refractivity contribution >= 4 is 25.4 Å². The van der Waals surface area contributed by atoms with Crippen molar-refractivity contribution in [3.63, 3.8) is 0 Å².